The van der Waals surface area contributed by atoms with Gasteiger partial charge in [0.25, 0.3) is 0 Å². The summed E-state index contributed by atoms with van der Waals surface area (Å²) in [5.74, 6) is -2.78. The number of sulfonamides is 1. The van der Waals surface area contributed by atoms with E-state index in [-0.39, 0.29) is 42.7 Å². The van der Waals surface area contributed by atoms with Gasteiger partial charge in [-0.15, -0.1) is 0 Å². The van der Waals surface area contributed by atoms with Crippen molar-refractivity contribution in [3.63, 3.8) is 0 Å². The van der Waals surface area contributed by atoms with E-state index < -0.39 is 34.3 Å². The minimum absolute atomic E-state index is 0.0376. The number of anilines is 1. The highest BCUT2D eigenvalue weighted by molar-refractivity contribution is 7.89. The second kappa shape index (κ2) is 9.84. The highest BCUT2D eigenvalue weighted by atomic mass is 32.2. The monoisotopic (exact) mass is 475 g/mol. The minimum Gasteiger partial charge on any atom is -0.435 e. The lowest BCUT2D eigenvalue weighted by molar-refractivity contribution is -0.121. The third-order valence-corrected chi connectivity index (χ3v) is 6.97. The van der Waals surface area contributed by atoms with Crippen LogP contribution in [0.3, 0.4) is 0 Å². The lowest BCUT2D eigenvalue weighted by Crippen LogP contribution is -2.53. The molecule has 1 unspecified atom stereocenters. The quantitative estimate of drug-likeness (QED) is 0.623. The molecule has 0 aliphatic carbocycles. The summed E-state index contributed by atoms with van der Waals surface area (Å²) < 4.78 is 81.7. The summed E-state index contributed by atoms with van der Waals surface area (Å²) in [6.45, 7) is -0.655. The SMILES string of the molecule is CC(C(=O)Nc1ccc(OC(F)F)cc1)N1CCN(S(=O)(=O)c2ccc(F)c(F)c2)CC1. The maximum Gasteiger partial charge on any atom is 0.387 e. The smallest absolute Gasteiger partial charge is 0.387 e. The average Bonchev–Trinajstić information content (AvgIpc) is 2.76. The van der Waals surface area contributed by atoms with E-state index in [4.69, 9.17) is 0 Å². The van der Waals surface area contributed by atoms with E-state index in [1.54, 1.807) is 11.8 Å². The molecule has 0 saturated carbocycles. The van der Waals surface area contributed by atoms with Crippen LogP contribution >= 0.6 is 0 Å². The Labute approximate surface area is 182 Å². The molecule has 1 fully saturated rings. The maximum atomic E-state index is 13.4. The lowest BCUT2D eigenvalue weighted by Gasteiger charge is -2.36. The van der Waals surface area contributed by atoms with Crippen LogP contribution < -0.4 is 10.1 Å². The molecule has 0 radical (unpaired) electrons. The van der Waals surface area contributed by atoms with Crippen molar-refractivity contribution in [2.45, 2.75) is 24.5 Å². The number of hydrogen-bond acceptors (Lipinski definition) is 5. The van der Waals surface area contributed by atoms with E-state index in [0.29, 0.717) is 11.8 Å². The van der Waals surface area contributed by atoms with Gasteiger partial charge in [0.05, 0.1) is 10.9 Å². The van der Waals surface area contributed by atoms with Gasteiger partial charge >= 0.3 is 6.61 Å². The molecule has 174 valence electrons. The molecule has 12 heteroatoms. The van der Waals surface area contributed by atoms with Crippen LogP contribution in [0.2, 0.25) is 0 Å². The third kappa shape index (κ3) is 5.56. The Balaban J connectivity index is 1.57. The number of halogens is 4. The number of carbonyl (C=O) groups excluding carboxylic acids is 1. The normalized spacial score (nSPS) is 16.7. The topological polar surface area (TPSA) is 79.0 Å². The van der Waals surface area contributed by atoms with Crippen LogP contribution in [0.5, 0.6) is 5.75 Å². The van der Waals surface area contributed by atoms with Gasteiger partial charge in [-0.1, -0.05) is 0 Å². The van der Waals surface area contributed by atoms with Gasteiger partial charge in [-0.05, 0) is 49.4 Å². The van der Waals surface area contributed by atoms with Crippen LogP contribution in [-0.4, -0.2) is 62.4 Å². The van der Waals surface area contributed by atoms with Crippen molar-refractivity contribution in [1.29, 1.82) is 0 Å². The van der Waals surface area contributed by atoms with Gasteiger partial charge in [-0.3, -0.25) is 9.69 Å². The van der Waals surface area contributed by atoms with Crippen LogP contribution in [0, 0.1) is 11.6 Å². The molecule has 0 bridgehead atoms. The molecule has 0 aromatic heterocycles. The Morgan fingerprint density at radius 3 is 2.19 bits per heavy atom. The van der Waals surface area contributed by atoms with Gasteiger partial charge in [0.15, 0.2) is 11.6 Å². The number of piperazine rings is 1. The second-order valence-electron chi connectivity index (χ2n) is 7.08. The predicted octanol–water partition coefficient (Wildman–Crippen LogP) is 2.90. The zero-order valence-electron chi connectivity index (χ0n) is 17.0. The molecule has 2 aromatic rings. The van der Waals surface area contributed by atoms with Crippen LogP contribution in [0.25, 0.3) is 0 Å². The number of amides is 1. The summed E-state index contributed by atoms with van der Waals surface area (Å²) in [6, 6.07) is 7.27. The van der Waals surface area contributed by atoms with Crippen molar-refractivity contribution in [1.82, 2.24) is 9.21 Å². The molecule has 1 heterocycles. The summed E-state index contributed by atoms with van der Waals surface area (Å²) in [4.78, 5) is 14.0. The molecule has 7 nitrogen and oxygen atoms in total. The first-order valence-electron chi connectivity index (χ1n) is 9.63. The number of alkyl halides is 2. The van der Waals surface area contributed by atoms with Crippen molar-refractivity contribution in [2.75, 3.05) is 31.5 Å². The molecule has 0 spiro atoms. The third-order valence-electron chi connectivity index (χ3n) is 5.08. The largest absolute Gasteiger partial charge is 0.435 e. The van der Waals surface area contributed by atoms with Gasteiger partial charge in [-0.25, -0.2) is 17.2 Å². The molecule has 1 N–H and O–H groups in total. The number of carbonyl (C=O) groups is 1. The minimum atomic E-state index is -4.00. The molecule has 1 aliphatic rings. The second-order valence-corrected chi connectivity index (χ2v) is 9.02. The first-order chi connectivity index (χ1) is 15.1. The van der Waals surface area contributed by atoms with Gasteiger partial charge in [0.1, 0.15) is 5.75 Å². The molecule has 2 aromatic carbocycles. The number of nitrogens with zero attached hydrogens (tertiary/aromatic N) is 2. The summed E-state index contributed by atoms with van der Waals surface area (Å²) in [5.41, 5.74) is 0.392. The van der Waals surface area contributed by atoms with Crippen molar-refractivity contribution in [3.8, 4) is 5.75 Å². The molecule has 1 atom stereocenters. The molecule has 3 rings (SSSR count). The Hall–Kier alpha value is -2.70. The van der Waals surface area contributed by atoms with E-state index in [1.807, 2.05) is 0 Å². The Morgan fingerprint density at radius 2 is 1.62 bits per heavy atom. The summed E-state index contributed by atoms with van der Waals surface area (Å²) in [6.07, 6.45) is 0. The molecular formula is C20H21F4N3O4S. The Kier molecular flexibility index (Phi) is 7.36. The zero-order chi connectivity index (χ0) is 23.5. The van der Waals surface area contributed by atoms with E-state index >= 15 is 0 Å². The summed E-state index contributed by atoms with van der Waals surface area (Å²) in [5, 5.41) is 2.67. The van der Waals surface area contributed by atoms with E-state index in [1.165, 1.54) is 24.3 Å². The number of hydrogen-bond donors (Lipinski definition) is 1. The lowest BCUT2D eigenvalue weighted by atomic mass is 10.2. The molecule has 1 aliphatic heterocycles. The van der Waals surface area contributed by atoms with E-state index in [9.17, 15) is 30.8 Å². The number of nitrogens with one attached hydrogen (secondary N) is 1. The Bertz CT molecular complexity index is 1060. The van der Waals surface area contributed by atoms with Crippen molar-refractivity contribution < 1.29 is 35.5 Å². The maximum absolute atomic E-state index is 13.4. The van der Waals surface area contributed by atoms with E-state index in [0.717, 1.165) is 16.4 Å². The van der Waals surface area contributed by atoms with Gasteiger partial charge < -0.3 is 10.1 Å². The fourth-order valence-corrected chi connectivity index (χ4v) is 4.68. The molecule has 1 saturated heterocycles. The van der Waals surface area contributed by atoms with Crippen LogP contribution in [0.1, 0.15) is 6.92 Å². The average molecular weight is 475 g/mol. The van der Waals surface area contributed by atoms with Crippen LogP contribution in [0.15, 0.2) is 47.4 Å². The number of ether oxygens (including phenoxy) is 1. The zero-order valence-corrected chi connectivity index (χ0v) is 17.8. The first kappa shape index (κ1) is 24.0. The molecule has 1 amide bonds. The van der Waals surface area contributed by atoms with Crippen molar-refractivity contribution in [2.24, 2.45) is 0 Å². The number of benzene rings is 2. The van der Waals surface area contributed by atoms with Crippen LogP contribution in [0.4, 0.5) is 23.2 Å². The summed E-state index contributed by atoms with van der Waals surface area (Å²) in [7, 11) is -4.00. The molecule has 32 heavy (non-hydrogen) atoms. The fraction of sp³-hybridized carbons (Fsp3) is 0.350. The van der Waals surface area contributed by atoms with Crippen molar-refractivity contribution >= 4 is 21.6 Å². The van der Waals surface area contributed by atoms with Crippen molar-refractivity contribution in [3.05, 3.63) is 54.1 Å². The van der Waals surface area contributed by atoms with Gasteiger partial charge in [-0.2, -0.15) is 13.1 Å². The molecular weight excluding hydrogens is 454 g/mol. The first-order valence-corrected chi connectivity index (χ1v) is 11.1. The summed E-state index contributed by atoms with van der Waals surface area (Å²) >= 11 is 0. The van der Waals surface area contributed by atoms with Crippen LogP contribution in [-0.2, 0) is 14.8 Å². The van der Waals surface area contributed by atoms with E-state index in [2.05, 4.69) is 10.1 Å². The van der Waals surface area contributed by atoms with Gasteiger partial charge in [0, 0.05) is 31.9 Å². The highest BCUT2D eigenvalue weighted by Crippen LogP contribution is 2.21. The fourth-order valence-electron chi connectivity index (χ4n) is 3.25. The Morgan fingerprint density at radius 1 is 1.00 bits per heavy atom. The van der Waals surface area contributed by atoms with Gasteiger partial charge in [0.2, 0.25) is 15.9 Å². The highest BCUT2D eigenvalue weighted by Gasteiger charge is 2.32. The predicted molar refractivity (Wildman–Crippen MR) is 108 cm³/mol. The standard InChI is InChI=1S/C20H21F4N3O4S/c1-13(19(28)25-14-2-4-15(5-3-14)31-20(23)24)26-8-10-27(11-9-26)32(29,30)16-6-7-17(21)18(22)12-16/h2-7,12-13,20H,8-11H2,1H3,(H,25,28). The number of rotatable bonds is 7.